The van der Waals surface area contributed by atoms with Crippen LogP contribution < -0.4 is 11.3 Å². The van der Waals surface area contributed by atoms with Gasteiger partial charge < -0.3 is 0 Å². The molecule has 0 bridgehead atoms. The number of nitrogens with two attached hydrogens (primary N) is 1. The molecule has 1 aromatic rings. The molecule has 0 heterocycles. The molecule has 0 saturated heterocycles. The molecule has 0 aliphatic heterocycles. The van der Waals surface area contributed by atoms with E-state index >= 15 is 0 Å². The van der Waals surface area contributed by atoms with E-state index in [0.717, 1.165) is 25.0 Å². The highest BCUT2D eigenvalue weighted by Gasteiger charge is 2.36. The fourth-order valence-corrected chi connectivity index (χ4v) is 1.89. The Morgan fingerprint density at radius 1 is 1.29 bits per heavy atom. The first-order valence-corrected chi connectivity index (χ1v) is 5.26. The third kappa shape index (κ3) is 2.58. The highest BCUT2D eigenvalue weighted by molar-refractivity contribution is 5.29. The van der Waals surface area contributed by atoms with Crippen LogP contribution in [0.1, 0.15) is 30.0 Å². The molecule has 1 aromatic carbocycles. The highest BCUT2D eigenvalue weighted by Crippen LogP contribution is 2.41. The predicted molar refractivity (Wildman–Crippen MR) is 54.2 cm³/mol. The Bertz CT molecular complexity index is 412. The van der Waals surface area contributed by atoms with Gasteiger partial charge in [-0.25, -0.2) is 4.39 Å². The monoisotopic (exact) mass is 248 g/mol. The molecular formula is C11H12F4N2. The third-order valence-corrected chi connectivity index (χ3v) is 2.93. The van der Waals surface area contributed by atoms with Crippen LogP contribution in [0.25, 0.3) is 0 Å². The molecule has 0 radical (unpaired) electrons. The van der Waals surface area contributed by atoms with Crippen molar-refractivity contribution in [2.24, 2.45) is 11.8 Å². The van der Waals surface area contributed by atoms with Gasteiger partial charge in [0, 0.05) is 6.04 Å². The van der Waals surface area contributed by atoms with Crippen LogP contribution in [-0.4, -0.2) is 0 Å². The Morgan fingerprint density at radius 3 is 2.35 bits per heavy atom. The van der Waals surface area contributed by atoms with Crippen molar-refractivity contribution in [2.75, 3.05) is 0 Å². The van der Waals surface area contributed by atoms with Gasteiger partial charge in [-0.05, 0) is 36.5 Å². The first kappa shape index (κ1) is 12.3. The predicted octanol–water partition coefficient (Wildman–Crippen LogP) is 2.76. The molecule has 1 unspecified atom stereocenters. The van der Waals surface area contributed by atoms with Gasteiger partial charge in [-0.15, -0.1) is 0 Å². The normalized spacial score (nSPS) is 18.2. The van der Waals surface area contributed by atoms with Gasteiger partial charge in [0.05, 0.1) is 5.56 Å². The molecule has 1 aliphatic carbocycles. The van der Waals surface area contributed by atoms with Crippen LogP contribution in [0, 0.1) is 11.7 Å². The van der Waals surface area contributed by atoms with Crippen LogP contribution in [0.4, 0.5) is 17.6 Å². The van der Waals surface area contributed by atoms with E-state index in [2.05, 4.69) is 5.43 Å². The molecule has 1 atom stereocenters. The second kappa shape index (κ2) is 4.27. The third-order valence-electron chi connectivity index (χ3n) is 2.93. The van der Waals surface area contributed by atoms with Crippen LogP contribution >= 0.6 is 0 Å². The molecule has 2 rings (SSSR count). The van der Waals surface area contributed by atoms with E-state index in [9.17, 15) is 17.6 Å². The molecule has 1 fully saturated rings. The van der Waals surface area contributed by atoms with Crippen molar-refractivity contribution < 1.29 is 17.6 Å². The van der Waals surface area contributed by atoms with E-state index < -0.39 is 17.6 Å². The summed E-state index contributed by atoms with van der Waals surface area (Å²) >= 11 is 0. The Balaban J connectivity index is 2.29. The minimum atomic E-state index is -4.66. The summed E-state index contributed by atoms with van der Waals surface area (Å²) in [5.41, 5.74) is 1.73. The van der Waals surface area contributed by atoms with Gasteiger partial charge in [-0.1, -0.05) is 6.07 Å². The van der Waals surface area contributed by atoms with Crippen molar-refractivity contribution in [3.8, 4) is 0 Å². The molecule has 1 aliphatic rings. The first-order chi connectivity index (χ1) is 7.93. The molecule has 0 spiro atoms. The summed E-state index contributed by atoms with van der Waals surface area (Å²) in [7, 11) is 0. The van der Waals surface area contributed by atoms with Gasteiger partial charge in [0.2, 0.25) is 0 Å². The number of alkyl halides is 3. The lowest BCUT2D eigenvalue weighted by molar-refractivity contribution is -0.140. The fourth-order valence-electron chi connectivity index (χ4n) is 1.89. The lowest BCUT2D eigenvalue weighted by Gasteiger charge is -2.17. The zero-order chi connectivity index (χ0) is 12.6. The van der Waals surface area contributed by atoms with Gasteiger partial charge in [0.1, 0.15) is 5.82 Å². The zero-order valence-corrected chi connectivity index (χ0v) is 8.89. The van der Waals surface area contributed by atoms with Gasteiger partial charge in [0.15, 0.2) is 0 Å². The summed E-state index contributed by atoms with van der Waals surface area (Å²) in [6, 6.07) is 2.67. The molecule has 6 heteroatoms. The average molecular weight is 248 g/mol. The van der Waals surface area contributed by atoms with Crippen molar-refractivity contribution >= 4 is 0 Å². The summed E-state index contributed by atoms with van der Waals surface area (Å²) in [6.45, 7) is 0. The quantitative estimate of drug-likeness (QED) is 0.490. The van der Waals surface area contributed by atoms with Crippen LogP contribution in [0.3, 0.4) is 0 Å². The fraction of sp³-hybridized carbons (Fsp3) is 0.455. The lowest BCUT2D eigenvalue weighted by Crippen LogP contribution is -2.29. The summed E-state index contributed by atoms with van der Waals surface area (Å²) in [5, 5.41) is 0. The number of rotatable bonds is 3. The Kier molecular flexibility index (Phi) is 3.09. The molecule has 1 saturated carbocycles. The Hall–Kier alpha value is -1.14. The van der Waals surface area contributed by atoms with Crippen LogP contribution in [0.2, 0.25) is 0 Å². The topological polar surface area (TPSA) is 38.0 Å². The molecule has 3 N–H and O–H groups in total. The highest BCUT2D eigenvalue weighted by atomic mass is 19.4. The summed E-state index contributed by atoms with van der Waals surface area (Å²) in [5.74, 6) is 4.36. The minimum Gasteiger partial charge on any atom is -0.271 e. The van der Waals surface area contributed by atoms with Crippen LogP contribution in [-0.2, 0) is 6.18 Å². The van der Waals surface area contributed by atoms with Crippen LogP contribution in [0.15, 0.2) is 18.2 Å². The second-order valence-electron chi connectivity index (χ2n) is 4.22. The molecule has 0 amide bonds. The standard InChI is InChI=1S/C11H12F4N2/c12-9-5-7(10(17-16)6-1-2-6)3-4-8(9)11(13,14)15/h3-6,10,17H,1-2,16H2. The summed E-state index contributed by atoms with van der Waals surface area (Å²) in [4.78, 5) is 0. The minimum absolute atomic E-state index is 0.271. The van der Waals surface area contributed by atoms with Gasteiger partial charge in [-0.3, -0.25) is 11.3 Å². The van der Waals surface area contributed by atoms with Crippen LogP contribution in [0.5, 0.6) is 0 Å². The number of nitrogens with one attached hydrogen (secondary N) is 1. The number of hydrogen-bond donors (Lipinski definition) is 2. The van der Waals surface area contributed by atoms with E-state index in [1.54, 1.807) is 0 Å². The molecule has 94 valence electrons. The first-order valence-electron chi connectivity index (χ1n) is 5.26. The molecular weight excluding hydrogens is 236 g/mol. The van der Waals surface area contributed by atoms with Crippen molar-refractivity contribution in [3.63, 3.8) is 0 Å². The Morgan fingerprint density at radius 2 is 1.94 bits per heavy atom. The average Bonchev–Trinajstić information content (AvgIpc) is 3.01. The zero-order valence-electron chi connectivity index (χ0n) is 8.89. The van der Waals surface area contributed by atoms with Gasteiger partial charge in [-0.2, -0.15) is 13.2 Å². The molecule has 2 nitrogen and oxygen atoms in total. The number of hydrazine groups is 1. The van der Waals surface area contributed by atoms with Crippen molar-refractivity contribution in [3.05, 3.63) is 35.1 Å². The lowest BCUT2D eigenvalue weighted by atomic mass is 10.0. The van der Waals surface area contributed by atoms with E-state index in [1.807, 2.05) is 0 Å². The number of halogens is 4. The van der Waals surface area contributed by atoms with Crippen molar-refractivity contribution in [1.82, 2.24) is 5.43 Å². The maximum Gasteiger partial charge on any atom is 0.419 e. The molecule has 0 aromatic heterocycles. The van der Waals surface area contributed by atoms with Gasteiger partial charge in [0.25, 0.3) is 0 Å². The van der Waals surface area contributed by atoms with E-state index in [1.165, 1.54) is 6.07 Å². The maximum absolute atomic E-state index is 13.3. The maximum atomic E-state index is 13.3. The SMILES string of the molecule is NNC(c1ccc(C(F)(F)F)c(F)c1)C1CC1. The van der Waals surface area contributed by atoms with E-state index in [4.69, 9.17) is 5.84 Å². The second-order valence-corrected chi connectivity index (χ2v) is 4.22. The number of hydrogen-bond acceptors (Lipinski definition) is 2. The van der Waals surface area contributed by atoms with E-state index in [0.29, 0.717) is 5.56 Å². The largest absolute Gasteiger partial charge is 0.419 e. The summed E-state index contributed by atoms with van der Waals surface area (Å²) in [6.07, 6.45) is -2.75. The number of benzene rings is 1. The smallest absolute Gasteiger partial charge is 0.271 e. The molecule has 17 heavy (non-hydrogen) atoms. The Labute approximate surface area is 95.8 Å². The van der Waals surface area contributed by atoms with Crippen molar-refractivity contribution in [2.45, 2.75) is 25.1 Å². The van der Waals surface area contributed by atoms with Gasteiger partial charge >= 0.3 is 6.18 Å². The summed E-state index contributed by atoms with van der Waals surface area (Å²) < 4.78 is 50.4. The van der Waals surface area contributed by atoms with Crippen molar-refractivity contribution in [1.29, 1.82) is 0 Å². The van der Waals surface area contributed by atoms with E-state index in [-0.39, 0.29) is 12.0 Å².